The summed E-state index contributed by atoms with van der Waals surface area (Å²) in [5.41, 5.74) is -0.431. The van der Waals surface area contributed by atoms with Gasteiger partial charge in [-0.25, -0.2) is 0 Å². The fraction of sp³-hybridized carbons (Fsp3) is 0.615. The smallest absolute Gasteiger partial charge is 0.323 e. The summed E-state index contributed by atoms with van der Waals surface area (Å²) in [6, 6.07) is 3.93. The van der Waals surface area contributed by atoms with Gasteiger partial charge in [-0.2, -0.15) is 0 Å². The summed E-state index contributed by atoms with van der Waals surface area (Å²) < 4.78 is 5.32. The maximum Gasteiger partial charge on any atom is 0.323 e. The number of rotatable bonds is 4. The van der Waals surface area contributed by atoms with E-state index in [0.29, 0.717) is 0 Å². The van der Waals surface area contributed by atoms with Crippen LogP contribution in [0.15, 0.2) is 17.5 Å². The highest BCUT2D eigenvalue weighted by Gasteiger charge is 2.23. The molecule has 1 unspecified atom stereocenters. The van der Waals surface area contributed by atoms with Gasteiger partial charge in [0.1, 0.15) is 11.6 Å². The van der Waals surface area contributed by atoms with Crippen LogP contribution in [0.25, 0.3) is 0 Å². The van der Waals surface area contributed by atoms with Crippen LogP contribution < -0.4 is 5.32 Å². The van der Waals surface area contributed by atoms with Crippen LogP contribution >= 0.6 is 11.3 Å². The van der Waals surface area contributed by atoms with E-state index >= 15 is 0 Å². The van der Waals surface area contributed by atoms with Crippen molar-refractivity contribution in [3.05, 3.63) is 22.4 Å². The molecule has 1 N–H and O–H groups in total. The Morgan fingerprint density at radius 3 is 2.53 bits per heavy atom. The monoisotopic (exact) mass is 255 g/mol. The molecule has 0 bridgehead atoms. The average Bonchev–Trinajstić information content (AvgIpc) is 2.67. The van der Waals surface area contributed by atoms with Crippen molar-refractivity contribution in [1.82, 2.24) is 5.32 Å². The van der Waals surface area contributed by atoms with Crippen molar-refractivity contribution in [3.63, 3.8) is 0 Å². The molecule has 0 spiro atoms. The van der Waals surface area contributed by atoms with E-state index in [2.05, 4.69) is 11.4 Å². The Labute approximate surface area is 107 Å². The molecular weight excluding hydrogens is 234 g/mol. The van der Waals surface area contributed by atoms with Gasteiger partial charge in [0.15, 0.2) is 0 Å². The number of carbonyl (C=O) groups excluding carboxylic acids is 1. The van der Waals surface area contributed by atoms with E-state index in [1.807, 2.05) is 46.1 Å². The van der Waals surface area contributed by atoms with E-state index in [9.17, 15) is 4.79 Å². The first kappa shape index (κ1) is 14.2. The summed E-state index contributed by atoms with van der Waals surface area (Å²) in [5, 5.41) is 5.27. The van der Waals surface area contributed by atoms with Gasteiger partial charge < -0.3 is 4.74 Å². The third kappa shape index (κ3) is 4.88. The normalized spacial score (nSPS) is 15.4. The number of carbonyl (C=O) groups is 1. The van der Waals surface area contributed by atoms with Crippen molar-refractivity contribution in [2.24, 2.45) is 0 Å². The zero-order valence-electron chi connectivity index (χ0n) is 11.1. The molecule has 0 aromatic carbocycles. The maximum absolute atomic E-state index is 11.8. The third-order valence-corrected chi connectivity index (χ3v) is 3.29. The quantitative estimate of drug-likeness (QED) is 0.840. The lowest BCUT2D eigenvalue weighted by Crippen LogP contribution is -2.40. The molecule has 0 radical (unpaired) electrons. The van der Waals surface area contributed by atoms with Crippen LogP contribution in [0.5, 0.6) is 0 Å². The topological polar surface area (TPSA) is 38.3 Å². The van der Waals surface area contributed by atoms with E-state index in [1.54, 1.807) is 11.3 Å². The Morgan fingerprint density at radius 2 is 2.06 bits per heavy atom. The minimum atomic E-state index is -0.431. The molecule has 3 nitrogen and oxygen atoms in total. The van der Waals surface area contributed by atoms with Crippen molar-refractivity contribution in [3.8, 4) is 0 Å². The average molecular weight is 255 g/mol. The molecule has 2 atom stereocenters. The Bertz CT molecular complexity index is 354. The molecule has 1 aromatic heterocycles. The summed E-state index contributed by atoms with van der Waals surface area (Å²) in [6.45, 7) is 9.51. The van der Waals surface area contributed by atoms with Gasteiger partial charge in [-0.1, -0.05) is 6.07 Å². The molecule has 0 saturated heterocycles. The third-order valence-electron chi connectivity index (χ3n) is 2.23. The van der Waals surface area contributed by atoms with Gasteiger partial charge in [0.05, 0.1) is 0 Å². The van der Waals surface area contributed by atoms with Crippen LogP contribution in [0.2, 0.25) is 0 Å². The lowest BCUT2D eigenvalue weighted by atomic mass is 10.2. The van der Waals surface area contributed by atoms with Crippen LogP contribution in [0, 0.1) is 0 Å². The van der Waals surface area contributed by atoms with Gasteiger partial charge in [0.25, 0.3) is 0 Å². The van der Waals surface area contributed by atoms with Crippen molar-refractivity contribution in [2.45, 2.75) is 52.3 Å². The number of nitrogens with one attached hydrogen (secondary N) is 1. The van der Waals surface area contributed by atoms with Crippen molar-refractivity contribution in [1.29, 1.82) is 0 Å². The van der Waals surface area contributed by atoms with E-state index in [0.717, 1.165) is 0 Å². The highest BCUT2D eigenvalue weighted by atomic mass is 32.1. The predicted molar refractivity (Wildman–Crippen MR) is 71.2 cm³/mol. The lowest BCUT2D eigenvalue weighted by molar-refractivity contribution is -0.157. The standard InChI is InChI=1S/C13H21NO2S/c1-9(11-7-6-8-17-11)14-10(2)12(15)16-13(3,4)5/h6-10,14H,1-5H3/t9-,10?/m0/s1. The second-order valence-corrected chi connectivity index (χ2v) is 6.14. The molecule has 1 aromatic rings. The minimum Gasteiger partial charge on any atom is -0.459 e. The highest BCUT2D eigenvalue weighted by Crippen LogP contribution is 2.19. The zero-order valence-corrected chi connectivity index (χ0v) is 11.9. The first-order valence-corrected chi connectivity index (χ1v) is 6.70. The Hall–Kier alpha value is -0.870. The number of ether oxygens (including phenoxy) is 1. The lowest BCUT2D eigenvalue weighted by Gasteiger charge is -2.24. The Morgan fingerprint density at radius 1 is 1.41 bits per heavy atom. The van der Waals surface area contributed by atoms with Crippen LogP contribution in [0.1, 0.15) is 45.5 Å². The second kappa shape index (κ2) is 5.65. The Kier molecular flexibility index (Phi) is 4.71. The molecule has 17 heavy (non-hydrogen) atoms. The van der Waals surface area contributed by atoms with Gasteiger partial charge in [-0.3, -0.25) is 10.1 Å². The van der Waals surface area contributed by atoms with Crippen LogP contribution in [-0.2, 0) is 9.53 Å². The fourth-order valence-electron chi connectivity index (χ4n) is 1.45. The molecule has 0 fully saturated rings. The van der Waals surface area contributed by atoms with E-state index in [4.69, 9.17) is 4.74 Å². The number of hydrogen-bond donors (Lipinski definition) is 1. The van der Waals surface area contributed by atoms with E-state index in [-0.39, 0.29) is 18.1 Å². The summed E-state index contributed by atoms with van der Waals surface area (Å²) >= 11 is 1.68. The molecule has 0 saturated carbocycles. The number of esters is 1. The molecular formula is C13H21NO2S. The first-order valence-electron chi connectivity index (χ1n) is 5.82. The molecule has 96 valence electrons. The summed E-state index contributed by atoms with van der Waals surface area (Å²) in [5.74, 6) is -0.207. The van der Waals surface area contributed by atoms with Gasteiger partial charge in [0.2, 0.25) is 0 Å². The van der Waals surface area contributed by atoms with Gasteiger partial charge >= 0.3 is 5.97 Å². The van der Waals surface area contributed by atoms with Crippen LogP contribution in [-0.4, -0.2) is 17.6 Å². The van der Waals surface area contributed by atoms with Crippen LogP contribution in [0.4, 0.5) is 0 Å². The highest BCUT2D eigenvalue weighted by molar-refractivity contribution is 7.10. The van der Waals surface area contributed by atoms with Crippen molar-refractivity contribution < 1.29 is 9.53 Å². The van der Waals surface area contributed by atoms with Gasteiger partial charge in [-0.05, 0) is 46.1 Å². The molecule has 0 aliphatic carbocycles. The van der Waals surface area contributed by atoms with Crippen molar-refractivity contribution >= 4 is 17.3 Å². The molecule has 1 heterocycles. The summed E-state index contributed by atoms with van der Waals surface area (Å²) in [6.07, 6.45) is 0. The minimum absolute atomic E-state index is 0.164. The molecule has 1 rings (SSSR count). The van der Waals surface area contributed by atoms with E-state index < -0.39 is 5.60 Å². The predicted octanol–water partition coefficient (Wildman–Crippen LogP) is 3.13. The number of thiophene rings is 1. The zero-order chi connectivity index (χ0) is 13.1. The molecule has 0 aliphatic heterocycles. The molecule has 0 amide bonds. The Balaban J connectivity index is 2.49. The second-order valence-electron chi connectivity index (χ2n) is 5.16. The fourth-order valence-corrected chi connectivity index (χ4v) is 2.20. The largest absolute Gasteiger partial charge is 0.459 e. The summed E-state index contributed by atoms with van der Waals surface area (Å²) in [7, 11) is 0. The van der Waals surface area contributed by atoms with Crippen LogP contribution in [0.3, 0.4) is 0 Å². The van der Waals surface area contributed by atoms with E-state index in [1.165, 1.54) is 4.88 Å². The molecule has 4 heteroatoms. The van der Waals surface area contributed by atoms with Gasteiger partial charge in [0, 0.05) is 10.9 Å². The SMILES string of the molecule is CC(N[C@@H](C)c1cccs1)C(=O)OC(C)(C)C. The molecule has 0 aliphatic rings. The van der Waals surface area contributed by atoms with Gasteiger partial charge in [-0.15, -0.1) is 11.3 Å². The maximum atomic E-state index is 11.8. The summed E-state index contributed by atoms with van der Waals surface area (Å²) in [4.78, 5) is 13.0. The van der Waals surface area contributed by atoms with Crippen molar-refractivity contribution in [2.75, 3.05) is 0 Å². The first-order chi connectivity index (χ1) is 7.79. The number of hydrogen-bond acceptors (Lipinski definition) is 4.